The molecule has 1 atom stereocenters. The number of nitrogens with one attached hydrogen (secondary N) is 1. The number of rotatable bonds is 5. The van der Waals surface area contributed by atoms with Gasteiger partial charge in [-0.15, -0.1) is 0 Å². The fraction of sp³-hybridized carbons (Fsp3) is 0.400. The molecule has 82 valence electrons. The number of primary amides is 1. The van der Waals surface area contributed by atoms with Crippen LogP contribution in [0.25, 0.3) is 0 Å². The number of nitrogens with two attached hydrogens (primary N) is 1. The molecule has 0 spiro atoms. The Kier molecular flexibility index (Phi) is 3.91. The Labute approximate surface area is 87.6 Å². The van der Waals surface area contributed by atoms with E-state index < -0.39 is 11.8 Å². The Morgan fingerprint density at radius 1 is 1.60 bits per heavy atom. The van der Waals surface area contributed by atoms with Crippen molar-refractivity contribution in [3.05, 3.63) is 24.2 Å². The molecule has 2 amide bonds. The molecule has 1 heterocycles. The van der Waals surface area contributed by atoms with E-state index in [0.29, 0.717) is 12.3 Å². The van der Waals surface area contributed by atoms with Gasteiger partial charge in [-0.2, -0.15) is 0 Å². The highest BCUT2D eigenvalue weighted by molar-refractivity contribution is 5.84. The van der Waals surface area contributed by atoms with Crippen molar-refractivity contribution >= 4 is 11.8 Å². The quantitative estimate of drug-likeness (QED) is 0.738. The van der Waals surface area contributed by atoms with Crippen LogP contribution in [-0.4, -0.2) is 11.8 Å². The van der Waals surface area contributed by atoms with Gasteiger partial charge in [-0.05, 0) is 12.1 Å². The first kappa shape index (κ1) is 11.3. The molecule has 0 aliphatic heterocycles. The maximum atomic E-state index is 11.4. The van der Waals surface area contributed by atoms with Crippen molar-refractivity contribution in [2.24, 2.45) is 11.7 Å². The predicted octanol–water partition coefficient (Wildman–Crippen LogP) is 0.407. The van der Waals surface area contributed by atoms with E-state index >= 15 is 0 Å². The van der Waals surface area contributed by atoms with Gasteiger partial charge in [-0.25, -0.2) is 0 Å². The summed E-state index contributed by atoms with van der Waals surface area (Å²) < 4.78 is 5.04. The van der Waals surface area contributed by atoms with Crippen LogP contribution in [0.1, 0.15) is 19.1 Å². The summed E-state index contributed by atoms with van der Waals surface area (Å²) in [7, 11) is 0. The summed E-state index contributed by atoms with van der Waals surface area (Å²) in [5.41, 5.74) is 4.98. The van der Waals surface area contributed by atoms with Crippen molar-refractivity contribution in [2.45, 2.75) is 19.9 Å². The van der Waals surface area contributed by atoms with Gasteiger partial charge in [0, 0.05) is 12.3 Å². The van der Waals surface area contributed by atoms with Crippen LogP contribution in [0, 0.1) is 5.92 Å². The van der Waals surface area contributed by atoms with Crippen LogP contribution in [0.15, 0.2) is 22.8 Å². The Bertz CT molecular complexity index is 332. The lowest BCUT2D eigenvalue weighted by Crippen LogP contribution is -2.31. The number of carbonyl (C=O) groups excluding carboxylic acids is 2. The molecule has 0 fully saturated rings. The van der Waals surface area contributed by atoms with Crippen molar-refractivity contribution in [3.63, 3.8) is 0 Å². The van der Waals surface area contributed by atoms with Crippen LogP contribution in [0.3, 0.4) is 0 Å². The molecular weight excluding hydrogens is 196 g/mol. The minimum Gasteiger partial charge on any atom is -0.467 e. The Hall–Kier alpha value is -1.78. The van der Waals surface area contributed by atoms with Gasteiger partial charge in [0.25, 0.3) is 0 Å². The molecule has 0 aromatic carbocycles. The van der Waals surface area contributed by atoms with Crippen molar-refractivity contribution in [1.82, 2.24) is 5.32 Å². The van der Waals surface area contributed by atoms with E-state index in [0.717, 1.165) is 0 Å². The third-order valence-electron chi connectivity index (χ3n) is 1.97. The molecular formula is C10H14N2O3. The highest BCUT2D eigenvalue weighted by Gasteiger charge is 2.14. The molecule has 5 heteroatoms. The van der Waals surface area contributed by atoms with Gasteiger partial charge in [-0.1, -0.05) is 6.92 Å². The minimum absolute atomic E-state index is 0.0595. The topological polar surface area (TPSA) is 85.3 Å². The van der Waals surface area contributed by atoms with Gasteiger partial charge in [0.05, 0.1) is 12.8 Å². The van der Waals surface area contributed by atoms with Crippen molar-refractivity contribution in [3.8, 4) is 0 Å². The Morgan fingerprint density at radius 3 is 2.87 bits per heavy atom. The lowest BCUT2D eigenvalue weighted by molar-refractivity contribution is -0.128. The van der Waals surface area contributed by atoms with Gasteiger partial charge in [0.2, 0.25) is 11.8 Å². The zero-order valence-corrected chi connectivity index (χ0v) is 8.53. The van der Waals surface area contributed by atoms with Gasteiger partial charge < -0.3 is 15.5 Å². The minimum atomic E-state index is -0.476. The van der Waals surface area contributed by atoms with E-state index in [9.17, 15) is 9.59 Å². The van der Waals surface area contributed by atoms with Gasteiger partial charge in [-0.3, -0.25) is 9.59 Å². The van der Waals surface area contributed by atoms with Gasteiger partial charge in [0.1, 0.15) is 5.76 Å². The number of carbonyl (C=O) groups is 2. The fourth-order valence-electron chi connectivity index (χ4n) is 1.16. The molecule has 0 saturated carbocycles. The number of hydrogen-bond acceptors (Lipinski definition) is 3. The average molecular weight is 210 g/mol. The number of furan rings is 1. The van der Waals surface area contributed by atoms with Crippen LogP contribution >= 0.6 is 0 Å². The summed E-state index contributed by atoms with van der Waals surface area (Å²) in [5.74, 6) is -0.409. The summed E-state index contributed by atoms with van der Waals surface area (Å²) in [4.78, 5) is 22.0. The fourth-order valence-corrected chi connectivity index (χ4v) is 1.16. The second kappa shape index (κ2) is 5.19. The Morgan fingerprint density at radius 2 is 2.33 bits per heavy atom. The molecule has 0 bridgehead atoms. The first-order chi connectivity index (χ1) is 7.09. The second-order valence-electron chi connectivity index (χ2n) is 3.37. The van der Waals surface area contributed by atoms with Crippen molar-refractivity contribution in [1.29, 1.82) is 0 Å². The molecule has 1 aromatic heterocycles. The molecule has 1 rings (SSSR count). The smallest absolute Gasteiger partial charge is 0.223 e. The largest absolute Gasteiger partial charge is 0.467 e. The van der Waals surface area contributed by atoms with Crippen LogP contribution in [-0.2, 0) is 16.1 Å². The summed E-state index contributed by atoms with van der Waals surface area (Å²) in [6.45, 7) is 1.98. The highest BCUT2D eigenvalue weighted by atomic mass is 16.3. The van der Waals surface area contributed by atoms with E-state index in [1.54, 1.807) is 19.1 Å². The van der Waals surface area contributed by atoms with Crippen LogP contribution in [0.2, 0.25) is 0 Å². The average Bonchev–Trinajstić information content (AvgIpc) is 2.65. The van der Waals surface area contributed by atoms with Crippen LogP contribution in [0.4, 0.5) is 0 Å². The SMILES string of the molecule is CC(CC(N)=O)C(=O)NCc1ccco1. The summed E-state index contributed by atoms with van der Waals surface area (Å²) in [6, 6.07) is 3.51. The van der Waals surface area contributed by atoms with E-state index in [1.165, 1.54) is 6.26 Å². The van der Waals surface area contributed by atoms with E-state index in [1.807, 2.05) is 0 Å². The molecule has 0 aliphatic carbocycles. The molecule has 0 aliphatic rings. The van der Waals surface area contributed by atoms with Gasteiger partial charge in [0.15, 0.2) is 0 Å². The summed E-state index contributed by atoms with van der Waals surface area (Å²) >= 11 is 0. The summed E-state index contributed by atoms with van der Waals surface area (Å²) in [5, 5.41) is 2.65. The zero-order valence-electron chi connectivity index (χ0n) is 8.53. The molecule has 0 saturated heterocycles. The normalized spacial score (nSPS) is 12.1. The first-order valence-corrected chi connectivity index (χ1v) is 4.68. The summed E-state index contributed by atoms with van der Waals surface area (Å²) in [6.07, 6.45) is 1.60. The molecule has 0 radical (unpaired) electrons. The third kappa shape index (κ3) is 3.84. The second-order valence-corrected chi connectivity index (χ2v) is 3.37. The molecule has 5 nitrogen and oxygen atoms in total. The van der Waals surface area contributed by atoms with Crippen molar-refractivity contribution in [2.75, 3.05) is 0 Å². The Balaban J connectivity index is 2.32. The van der Waals surface area contributed by atoms with Crippen LogP contribution in [0.5, 0.6) is 0 Å². The number of amides is 2. The van der Waals surface area contributed by atoms with Crippen molar-refractivity contribution < 1.29 is 14.0 Å². The standard InChI is InChI=1S/C10H14N2O3/c1-7(5-9(11)13)10(14)12-6-8-3-2-4-15-8/h2-4,7H,5-6H2,1H3,(H2,11,13)(H,12,14). The lowest BCUT2D eigenvalue weighted by Gasteiger charge is -2.08. The maximum absolute atomic E-state index is 11.4. The third-order valence-corrected chi connectivity index (χ3v) is 1.97. The maximum Gasteiger partial charge on any atom is 0.223 e. The van der Waals surface area contributed by atoms with Gasteiger partial charge >= 0.3 is 0 Å². The highest BCUT2D eigenvalue weighted by Crippen LogP contribution is 2.03. The number of hydrogen-bond donors (Lipinski definition) is 2. The molecule has 1 aromatic rings. The van der Waals surface area contributed by atoms with Crippen LogP contribution < -0.4 is 11.1 Å². The molecule has 1 unspecified atom stereocenters. The van der Waals surface area contributed by atoms with E-state index in [-0.39, 0.29) is 12.3 Å². The lowest BCUT2D eigenvalue weighted by atomic mass is 10.1. The van der Waals surface area contributed by atoms with E-state index in [2.05, 4.69) is 5.32 Å². The zero-order chi connectivity index (χ0) is 11.3. The van der Waals surface area contributed by atoms with E-state index in [4.69, 9.17) is 10.2 Å². The molecule has 15 heavy (non-hydrogen) atoms. The first-order valence-electron chi connectivity index (χ1n) is 4.68. The monoisotopic (exact) mass is 210 g/mol. The molecule has 3 N–H and O–H groups in total. The predicted molar refractivity (Wildman–Crippen MR) is 53.5 cm³/mol.